The summed E-state index contributed by atoms with van der Waals surface area (Å²) in [6.07, 6.45) is 0. The Morgan fingerprint density at radius 3 is 2.29 bits per heavy atom. The molecule has 2 aromatic carbocycles. The van der Waals surface area contributed by atoms with Gasteiger partial charge in [-0.15, -0.1) is 0 Å². The third-order valence-corrected chi connectivity index (χ3v) is 3.37. The molecule has 0 saturated heterocycles. The number of hydrazone groups is 1. The van der Waals surface area contributed by atoms with Crippen molar-refractivity contribution in [2.75, 3.05) is 0 Å². The molecule has 6 heteroatoms. The predicted molar refractivity (Wildman–Crippen MR) is 90.7 cm³/mol. The maximum Gasteiger partial charge on any atom is 0.433 e. The molecule has 3 rings (SSSR count). The Kier molecular flexibility index (Phi) is 4.67. The van der Waals surface area contributed by atoms with Crippen LogP contribution in [0.15, 0.2) is 82.3 Å². The third kappa shape index (κ3) is 3.67. The van der Waals surface area contributed by atoms with Crippen molar-refractivity contribution < 1.29 is 9.34 Å². The van der Waals surface area contributed by atoms with Crippen molar-refractivity contribution in [1.29, 1.82) is 0 Å². The van der Waals surface area contributed by atoms with Crippen LogP contribution in [-0.4, -0.2) is 10.6 Å². The summed E-state index contributed by atoms with van der Waals surface area (Å²) >= 11 is 0. The number of rotatable bonds is 6. The fourth-order valence-electron chi connectivity index (χ4n) is 2.22. The van der Waals surface area contributed by atoms with E-state index in [1.807, 2.05) is 60.7 Å². The second-order valence-electron chi connectivity index (χ2n) is 5.04. The lowest BCUT2D eigenvalue weighted by atomic mass is 10.1. The highest BCUT2D eigenvalue weighted by molar-refractivity contribution is 6.11. The normalized spacial score (nSPS) is 11.2. The van der Waals surface area contributed by atoms with Crippen molar-refractivity contribution in [3.8, 4) is 0 Å². The van der Waals surface area contributed by atoms with Gasteiger partial charge in [0.15, 0.2) is 5.76 Å². The lowest BCUT2D eigenvalue weighted by Crippen LogP contribution is -2.12. The van der Waals surface area contributed by atoms with E-state index in [1.165, 1.54) is 6.07 Å². The Balaban J connectivity index is 1.87. The number of nitrogens with one attached hydrogen (secondary N) is 1. The van der Waals surface area contributed by atoms with Gasteiger partial charge in [0.05, 0.1) is 12.6 Å². The molecule has 1 aromatic heterocycles. The minimum atomic E-state index is -0.566. The molecule has 0 aliphatic rings. The van der Waals surface area contributed by atoms with Crippen molar-refractivity contribution in [2.24, 2.45) is 5.10 Å². The summed E-state index contributed by atoms with van der Waals surface area (Å²) in [5.74, 6) is 0.0325. The van der Waals surface area contributed by atoms with E-state index in [0.717, 1.165) is 11.1 Å². The van der Waals surface area contributed by atoms with Crippen LogP contribution in [0.2, 0.25) is 0 Å². The smallest absolute Gasteiger partial charge is 0.399 e. The number of hydrogen-bond donors (Lipinski definition) is 1. The van der Waals surface area contributed by atoms with Gasteiger partial charge < -0.3 is 9.84 Å². The number of furan rings is 1. The summed E-state index contributed by atoms with van der Waals surface area (Å²) < 4.78 is 5.29. The molecule has 6 nitrogen and oxygen atoms in total. The summed E-state index contributed by atoms with van der Waals surface area (Å²) in [4.78, 5) is 10.3. The molecule has 3 aromatic rings. The van der Waals surface area contributed by atoms with Crippen LogP contribution in [0.3, 0.4) is 0 Å². The van der Waals surface area contributed by atoms with Crippen LogP contribution in [-0.2, 0) is 6.54 Å². The molecule has 1 N–H and O–H groups in total. The summed E-state index contributed by atoms with van der Waals surface area (Å²) in [6.45, 7) is 0.542. The second-order valence-corrected chi connectivity index (χ2v) is 5.04. The Labute approximate surface area is 138 Å². The molecule has 0 bridgehead atoms. The largest absolute Gasteiger partial charge is 0.433 e. The Hall–Kier alpha value is -3.41. The monoisotopic (exact) mass is 321 g/mol. The van der Waals surface area contributed by atoms with Gasteiger partial charge in [-0.1, -0.05) is 60.7 Å². The molecule has 24 heavy (non-hydrogen) atoms. The van der Waals surface area contributed by atoms with Crippen LogP contribution < -0.4 is 5.43 Å². The van der Waals surface area contributed by atoms with Gasteiger partial charge in [0.25, 0.3) is 0 Å². The Bertz CT molecular complexity index is 842. The van der Waals surface area contributed by atoms with Gasteiger partial charge in [0.2, 0.25) is 0 Å². The molecule has 1 heterocycles. The highest BCUT2D eigenvalue weighted by Gasteiger charge is 2.17. The first kappa shape index (κ1) is 15.5. The predicted octanol–water partition coefficient (Wildman–Crippen LogP) is 3.73. The molecule has 0 atom stereocenters. The van der Waals surface area contributed by atoms with Gasteiger partial charge in [0.1, 0.15) is 10.6 Å². The molecular weight excluding hydrogens is 306 g/mol. The average molecular weight is 321 g/mol. The highest BCUT2D eigenvalue weighted by atomic mass is 16.6. The maximum absolute atomic E-state index is 10.8. The molecule has 120 valence electrons. The van der Waals surface area contributed by atoms with Crippen LogP contribution in [0.5, 0.6) is 0 Å². The number of hydrogen-bond acceptors (Lipinski definition) is 5. The zero-order valence-corrected chi connectivity index (χ0v) is 12.8. The van der Waals surface area contributed by atoms with Gasteiger partial charge in [-0.2, -0.15) is 5.10 Å². The van der Waals surface area contributed by atoms with E-state index in [4.69, 9.17) is 4.42 Å². The summed E-state index contributed by atoms with van der Waals surface area (Å²) in [6, 6.07) is 22.1. The van der Waals surface area contributed by atoms with Crippen molar-refractivity contribution in [3.63, 3.8) is 0 Å². The maximum atomic E-state index is 10.8. The van der Waals surface area contributed by atoms with E-state index in [1.54, 1.807) is 6.07 Å². The Morgan fingerprint density at radius 2 is 1.67 bits per heavy atom. The first-order chi connectivity index (χ1) is 11.7. The molecule has 0 amide bonds. The SMILES string of the molecule is O=[N+]([O-])c1ccc(C(=NNCc2ccccc2)c2ccccc2)o1. The molecule has 0 unspecified atom stereocenters. The van der Waals surface area contributed by atoms with Gasteiger partial charge in [-0.05, 0) is 11.6 Å². The van der Waals surface area contributed by atoms with Crippen LogP contribution in [0, 0.1) is 10.1 Å². The summed E-state index contributed by atoms with van der Waals surface area (Å²) in [5.41, 5.74) is 5.40. The van der Waals surface area contributed by atoms with Crippen molar-refractivity contribution in [3.05, 3.63) is 99.8 Å². The topological polar surface area (TPSA) is 80.7 Å². The molecular formula is C18H15N3O3. The lowest BCUT2D eigenvalue weighted by molar-refractivity contribution is -0.402. The molecule has 0 fully saturated rings. The molecule has 0 aliphatic carbocycles. The molecule has 0 radical (unpaired) electrons. The van der Waals surface area contributed by atoms with Gasteiger partial charge in [0, 0.05) is 5.56 Å². The highest BCUT2D eigenvalue weighted by Crippen LogP contribution is 2.19. The van der Waals surface area contributed by atoms with E-state index in [-0.39, 0.29) is 5.88 Å². The van der Waals surface area contributed by atoms with Gasteiger partial charge in [-0.3, -0.25) is 10.1 Å². The van der Waals surface area contributed by atoms with Crippen LogP contribution in [0.1, 0.15) is 16.9 Å². The first-order valence-electron chi connectivity index (χ1n) is 7.38. The number of nitrogens with zero attached hydrogens (tertiary/aromatic N) is 2. The number of nitro groups is 1. The summed E-state index contributed by atoms with van der Waals surface area (Å²) in [5, 5.41) is 15.2. The van der Waals surface area contributed by atoms with Crippen molar-refractivity contribution in [2.45, 2.75) is 6.54 Å². The van der Waals surface area contributed by atoms with E-state index in [0.29, 0.717) is 18.0 Å². The van der Waals surface area contributed by atoms with Crippen LogP contribution in [0.4, 0.5) is 5.88 Å². The van der Waals surface area contributed by atoms with E-state index in [9.17, 15) is 10.1 Å². The zero-order valence-electron chi connectivity index (χ0n) is 12.8. The van der Waals surface area contributed by atoms with Crippen LogP contribution in [0.25, 0.3) is 0 Å². The molecule has 0 aliphatic heterocycles. The third-order valence-electron chi connectivity index (χ3n) is 3.37. The zero-order chi connectivity index (χ0) is 16.8. The van der Waals surface area contributed by atoms with Gasteiger partial charge in [-0.25, -0.2) is 0 Å². The average Bonchev–Trinajstić information content (AvgIpc) is 3.10. The summed E-state index contributed by atoms with van der Waals surface area (Å²) in [7, 11) is 0. The second kappa shape index (κ2) is 7.23. The lowest BCUT2D eigenvalue weighted by Gasteiger charge is -2.06. The minimum Gasteiger partial charge on any atom is -0.399 e. The Morgan fingerprint density at radius 1 is 1.00 bits per heavy atom. The van der Waals surface area contributed by atoms with E-state index >= 15 is 0 Å². The van der Waals surface area contributed by atoms with Gasteiger partial charge >= 0.3 is 5.88 Å². The minimum absolute atomic E-state index is 0.309. The number of benzene rings is 2. The van der Waals surface area contributed by atoms with Crippen LogP contribution >= 0.6 is 0 Å². The van der Waals surface area contributed by atoms with Crippen molar-refractivity contribution >= 4 is 11.6 Å². The fraction of sp³-hybridized carbons (Fsp3) is 0.0556. The molecule has 0 saturated carbocycles. The first-order valence-corrected chi connectivity index (χ1v) is 7.38. The van der Waals surface area contributed by atoms with E-state index < -0.39 is 4.92 Å². The molecule has 0 spiro atoms. The standard InChI is InChI=1S/C18H15N3O3/c22-21(23)17-12-11-16(24-17)18(15-9-5-2-6-10-15)20-19-13-14-7-3-1-4-8-14/h1-12,19H,13H2. The fourth-order valence-corrected chi connectivity index (χ4v) is 2.22. The van der Waals surface area contributed by atoms with E-state index in [2.05, 4.69) is 10.5 Å². The van der Waals surface area contributed by atoms with Crippen molar-refractivity contribution in [1.82, 2.24) is 5.43 Å². The quantitative estimate of drug-likeness (QED) is 0.426.